The molecule has 0 spiro atoms. The predicted molar refractivity (Wildman–Crippen MR) is 95.4 cm³/mol. The lowest BCUT2D eigenvalue weighted by Crippen LogP contribution is -2.17. The number of nitrogens with zero attached hydrogens (tertiary/aromatic N) is 1. The minimum Gasteiger partial charge on any atom is -0.342 e. The van der Waals surface area contributed by atoms with E-state index in [4.69, 9.17) is 17.3 Å². The molecule has 0 aliphatic rings. The molecule has 0 saturated carbocycles. The molecule has 0 aliphatic heterocycles. The normalized spacial score (nSPS) is 13.0. The molecular weight excluding hydrogens is 368 g/mol. The van der Waals surface area contributed by atoms with Crippen molar-refractivity contribution in [1.29, 1.82) is 0 Å². The topological polar surface area (TPSA) is 30.9 Å². The molecule has 0 amide bonds. The minimum absolute atomic E-state index is 0.149. The van der Waals surface area contributed by atoms with Gasteiger partial charge in [0.2, 0.25) is 0 Å². The molecule has 2 N–H and O–H groups in total. The van der Waals surface area contributed by atoms with Gasteiger partial charge in [0, 0.05) is 37.4 Å². The van der Waals surface area contributed by atoms with Gasteiger partial charge in [-0.15, -0.1) is 11.3 Å². The van der Waals surface area contributed by atoms with Crippen molar-refractivity contribution in [2.75, 3.05) is 0 Å². The van der Waals surface area contributed by atoms with E-state index in [0.717, 1.165) is 22.5 Å². The second-order valence-electron chi connectivity index (χ2n) is 5.36. The third kappa shape index (κ3) is 3.34. The van der Waals surface area contributed by atoms with Crippen molar-refractivity contribution in [3.05, 3.63) is 55.8 Å². The molecule has 0 radical (unpaired) electrons. The minimum atomic E-state index is 0.149. The summed E-state index contributed by atoms with van der Waals surface area (Å²) in [6.45, 7) is 2.89. The van der Waals surface area contributed by atoms with E-state index in [-0.39, 0.29) is 6.04 Å². The highest BCUT2D eigenvalue weighted by molar-refractivity contribution is 9.10. The first-order chi connectivity index (χ1) is 10.0. The van der Waals surface area contributed by atoms with E-state index in [0.29, 0.717) is 0 Å². The molecule has 1 atom stereocenters. The maximum Gasteiger partial charge on any atom is 0.0569 e. The second-order valence-corrected chi connectivity index (χ2v) is 7.70. The Morgan fingerprint density at radius 1 is 1.38 bits per heavy atom. The van der Waals surface area contributed by atoms with Crippen LogP contribution in [-0.2, 0) is 13.0 Å². The van der Waals surface area contributed by atoms with Gasteiger partial charge < -0.3 is 10.3 Å². The molecule has 0 bridgehead atoms. The highest BCUT2D eigenvalue weighted by Gasteiger charge is 2.11. The molecule has 3 aromatic rings. The highest BCUT2D eigenvalue weighted by Crippen LogP contribution is 2.28. The molecular formula is C16H16BrClN2S. The van der Waals surface area contributed by atoms with Crippen molar-refractivity contribution >= 4 is 49.8 Å². The Kier molecular flexibility index (Phi) is 4.41. The smallest absolute Gasteiger partial charge is 0.0569 e. The van der Waals surface area contributed by atoms with E-state index >= 15 is 0 Å². The third-order valence-corrected chi connectivity index (χ3v) is 5.33. The van der Waals surface area contributed by atoms with Gasteiger partial charge in [0.15, 0.2) is 0 Å². The van der Waals surface area contributed by atoms with Gasteiger partial charge >= 0.3 is 0 Å². The molecule has 1 unspecified atom stereocenters. The van der Waals surface area contributed by atoms with Gasteiger partial charge in [-0.3, -0.25) is 0 Å². The Hall–Kier alpha value is -0.810. The summed E-state index contributed by atoms with van der Waals surface area (Å²) in [7, 11) is 0. The summed E-state index contributed by atoms with van der Waals surface area (Å²) in [5.41, 5.74) is 8.42. The molecule has 21 heavy (non-hydrogen) atoms. The number of hydrogen-bond acceptors (Lipinski definition) is 2. The van der Waals surface area contributed by atoms with Crippen molar-refractivity contribution in [2.24, 2.45) is 5.73 Å². The van der Waals surface area contributed by atoms with E-state index in [2.05, 4.69) is 44.2 Å². The van der Waals surface area contributed by atoms with Gasteiger partial charge in [0.1, 0.15) is 0 Å². The fourth-order valence-corrected chi connectivity index (χ4v) is 4.20. The van der Waals surface area contributed by atoms with Crippen molar-refractivity contribution in [2.45, 2.75) is 25.9 Å². The SMILES string of the molecule is CC(N)Cc1cn(Cc2cc(Br)cs2)c2cc(Cl)ccc12. The van der Waals surface area contributed by atoms with Crippen LogP contribution in [0.5, 0.6) is 0 Å². The maximum atomic E-state index is 6.17. The average Bonchev–Trinajstić information content (AvgIpc) is 2.95. The number of benzene rings is 1. The Labute approximate surface area is 141 Å². The van der Waals surface area contributed by atoms with Crippen LogP contribution < -0.4 is 5.73 Å². The van der Waals surface area contributed by atoms with E-state index in [1.165, 1.54) is 21.3 Å². The maximum absolute atomic E-state index is 6.17. The molecule has 0 saturated heterocycles. The van der Waals surface area contributed by atoms with E-state index in [9.17, 15) is 0 Å². The first kappa shape index (κ1) is 15.1. The van der Waals surface area contributed by atoms with Crippen LogP contribution in [0, 0.1) is 0 Å². The number of nitrogens with two attached hydrogens (primary N) is 1. The van der Waals surface area contributed by atoms with Crippen molar-refractivity contribution in [1.82, 2.24) is 4.57 Å². The Morgan fingerprint density at radius 3 is 2.86 bits per heavy atom. The van der Waals surface area contributed by atoms with Crippen molar-refractivity contribution < 1.29 is 0 Å². The summed E-state index contributed by atoms with van der Waals surface area (Å²) in [5, 5.41) is 4.12. The fraction of sp³-hybridized carbons (Fsp3) is 0.250. The van der Waals surface area contributed by atoms with Gasteiger partial charge in [-0.25, -0.2) is 0 Å². The third-order valence-electron chi connectivity index (χ3n) is 3.42. The molecule has 1 aromatic carbocycles. The Balaban J connectivity index is 2.06. The number of thiophene rings is 1. The van der Waals surface area contributed by atoms with Gasteiger partial charge in [-0.05, 0) is 53.0 Å². The summed E-state index contributed by atoms with van der Waals surface area (Å²) >= 11 is 11.4. The Bertz CT molecular complexity index is 776. The van der Waals surface area contributed by atoms with Crippen LogP contribution in [0.1, 0.15) is 17.4 Å². The molecule has 110 valence electrons. The number of fused-ring (bicyclic) bond motifs is 1. The lowest BCUT2D eigenvalue weighted by atomic mass is 10.1. The number of halogens is 2. The summed E-state index contributed by atoms with van der Waals surface area (Å²) < 4.78 is 3.39. The van der Waals surface area contributed by atoms with Crippen LogP contribution in [0.25, 0.3) is 10.9 Å². The molecule has 2 nitrogen and oxygen atoms in total. The monoisotopic (exact) mass is 382 g/mol. The zero-order valence-electron chi connectivity index (χ0n) is 11.6. The quantitative estimate of drug-likeness (QED) is 0.671. The van der Waals surface area contributed by atoms with Crippen molar-refractivity contribution in [3.8, 4) is 0 Å². The highest BCUT2D eigenvalue weighted by atomic mass is 79.9. The zero-order chi connectivity index (χ0) is 15.0. The standard InChI is InChI=1S/C16H16BrClN2S/c1-10(19)4-11-7-20(8-14-5-12(17)9-21-14)16-6-13(18)2-3-15(11)16/h2-3,5-7,9-10H,4,8,19H2,1H3. The summed E-state index contributed by atoms with van der Waals surface area (Å²) in [4.78, 5) is 1.31. The van der Waals surface area contributed by atoms with Crippen LogP contribution in [0.2, 0.25) is 5.02 Å². The zero-order valence-corrected chi connectivity index (χ0v) is 14.8. The van der Waals surface area contributed by atoms with Crippen LogP contribution >= 0.6 is 38.9 Å². The largest absolute Gasteiger partial charge is 0.342 e. The summed E-state index contributed by atoms with van der Waals surface area (Å²) in [6.07, 6.45) is 3.08. The lowest BCUT2D eigenvalue weighted by Gasteiger charge is -2.03. The number of rotatable bonds is 4. The van der Waals surface area contributed by atoms with E-state index in [1.807, 2.05) is 19.1 Å². The average molecular weight is 384 g/mol. The lowest BCUT2D eigenvalue weighted by molar-refractivity contribution is 0.735. The van der Waals surface area contributed by atoms with Gasteiger partial charge in [-0.1, -0.05) is 17.7 Å². The van der Waals surface area contributed by atoms with Crippen LogP contribution in [0.4, 0.5) is 0 Å². The van der Waals surface area contributed by atoms with Gasteiger partial charge in [-0.2, -0.15) is 0 Å². The molecule has 0 aliphatic carbocycles. The summed E-state index contributed by atoms with van der Waals surface area (Å²) in [5.74, 6) is 0. The molecule has 0 fully saturated rings. The van der Waals surface area contributed by atoms with Crippen LogP contribution in [0.15, 0.2) is 40.3 Å². The first-order valence-corrected chi connectivity index (χ1v) is 8.84. The fourth-order valence-electron chi connectivity index (χ4n) is 2.59. The number of hydrogen-bond donors (Lipinski definition) is 1. The number of aromatic nitrogens is 1. The molecule has 2 heterocycles. The first-order valence-electron chi connectivity index (χ1n) is 6.78. The molecule has 3 rings (SSSR count). The predicted octanol–water partition coefficient (Wildman–Crippen LogP) is 5.06. The summed E-state index contributed by atoms with van der Waals surface area (Å²) in [6, 6.07) is 8.38. The molecule has 2 aromatic heterocycles. The second kappa shape index (κ2) is 6.13. The van der Waals surface area contributed by atoms with E-state index < -0.39 is 0 Å². The Morgan fingerprint density at radius 2 is 2.19 bits per heavy atom. The van der Waals surface area contributed by atoms with Gasteiger partial charge in [0.05, 0.1) is 12.1 Å². The van der Waals surface area contributed by atoms with Gasteiger partial charge in [0.25, 0.3) is 0 Å². The van der Waals surface area contributed by atoms with Crippen LogP contribution in [-0.4, -0.2) is 10.6 Å². The van der Waals surface area contributed by atoms with Crippen molar-refractivity contribution in [3.63, 3.8) is 0 Å². The van der Waals surface area contributed by atoms with Crippen LogP contribution in [0.3, 0.4) is 0 Å². The van der Waals surface area contributed by atoms with E-state index in [1.54, 1.807) is 11.3 Å². The molecule has 5 heteroatoms.